The van der Waals surface area contributed by atoms with Crippen LogP contribution in [0.3, 0.4) is 0 Å². The molecule has 0 unspecified atom stereocenters. The maximum Gasteiger partial charge on any atom is 0.337 e. The first-order valence-corrected chi connectivity index (χ1v) is 4.77. The van der Waals surface area contributed by atoms with Gasteiger partial charge in [0.15, 0.2) is 0 Å². The summed E-state index contributed by atoms with van der Waals surface area (Å²) in [7, 11) is 0. The van der Waals surface area contributed by atoms with Gasteiger partial charge in [-0.15, -0.1) is 0 Å². The summed E-state index contributed by atoms with van der Waals surface area (Å²) < 4.78 is 0. The molecule has 1 heterocycles. The highest BCUT2D eigenvalue weighted by atomic mass is 16.4. The van der Waals surface area contributed by atoms with E-state index in [0.29, 0.717) is 18.9 Å². The molecule has 0 bridgehead atoms. The number of carbonyl (C=O) groups is 2. The first-order chi connectivity index (χ1) is 7.59. The molecule has 1 aromatic heterocycles. The van der Waals surface area contributed by atoms with Crippen LogP contribution in [0.5, 0.6) is 0 Å². The zero-order chi connectivity index (χ0) is 12.0. The van der Waals surface area contributed by atoms with Gasteiger partial charge in [-0.1, -0.05) is 0 Å². The Bertz CT molecular complexity index is 375. The minimum Gasteiger partial charge on any atom is -0.478 e. The summed E-state index contributed by atoms with van der Waals surface area (Å²) in [5, 5.41) is 14.2. The van der Waals surface area contributed by atoms with E-state index in [0.717, 1.165) is 0 Å². The molecule has 1 aromatic rings. The van der Waals surface area contributed by atoms with E-state index in [9.17, 15) is 9.59 Å². The number of pyridine rings is 1. The van der Waals surface area contributed by atoms with E-state index in [-0.39, 0.29) is 11.5 Å². The number of aromatic carboxylic acids is 1. The zero-order valence-electron chi connectivity index (χ0n) is 8.86. The number of anilines is 1. The lowest BCUT2D eigenvalue weighted by Crippen LogP contribution is -2.26. The zero-order valence-corrected chi connectivity index (χ0v) is 8.86. The largest absolute Gasteiger partial charge is 0.478 e. The summed E-state index contributed by atoms with van der Waals surface area (Å²) in [6.07, 6.45) is 1.28. The van der Waals surface area contributed by atoms with Crippen molar-refractivity contribution >= 4 is 17.7 Å². The van der Waals surface area contributed by atoms with Gasteiger partial charge in [-0.3, -0.25) is 4.79 Å². The van der Waals surface area contributed by atoms with Gasteiger partial charge >= 0.3 is 5.97 Å². The summed E-state index contributed by atoms with van der Waals surface area (Å²) >= 11 is 0. The van der Waals surface area contributed by atoms with Gasteiger partial charge in [0.05, 0.1) is 5.56 Å². The molecule has 6 nitrogen and oxygen atoms in total. The lowest BCUT2D eigenvalue weighted by molar-refractivity contribution is -0.118. The van der Waals surface area contributed by atoms with E-state index >= 15 is 0 Å². The molecular weight excluding hydrogens is 210 g/mol. The van der Waals surface area contributed by atoms with Gasteiger partial charge in [-0.2, -0.15) is 0 Å². The lowest BCUT2D eigenvalue weighted by atomic mass is 10.3. The van der Waals surface area contributed by atoms with Crippen LogP contribution in [0, 0.1) is 0 Å². The van der Waals surface area contributed by atoms with Gasteiger partial charge in [0.2, 0.25) is 5.91 Å². The molecule has 1 rings (SSSR count). The van der Waals surface area contributed by atoms with E-state index in [2.05, 4.69) is 15.6 Å². The van der Waals surface area contributed by atoms with Crippen molar-refractivity contribution in [2.45, 2.75) is 6.92 Å². The maximum atomic E-state index is 10.6. The van der Waals surface area contributed by atoms with Gasteiger partial charge < -0.3 is 15.7 Å². The van der Waals surface area contributed by atoms with Crippen molar-refractivity contribution in [2.75, 3.05) is 18.4 Å². The average Bonchev–Trinajstić information content (AvgIpc) is 2.25. The fraction of sp³-hybridized carbons (Fsp3) is 0.300. The van der Waals surface area contributed by atoms with Gasteiger partial charge in [0.1, 0.15) is 5.82 Å². The highest BCUT2D eigenvalue weighted by Gasteiger charge is 2.02. The quantitative estimate of drug-likeness (QED) is 0.625. The molecule has 0 saturated carbocycles. The minimum atomic E-state index is -1.00. The molecule has 0 aliphatic rings. The van der Waals surface area contributed by atoms with Crippen LogP contribution in [0.15, 0.2) is 18.3 Å². The monoisotopic (exact) mass is 223 g/mol. The van der Waals surface area contributed by atoms with Gasteiger partial charge in [0, 0.05) is 26.2 Å². The average molecular weight is 223 g/mol. The third-order valence-electron chi connectivity index (χ3n) is 1.82. The second kappa shape index (κ2) is 5.69. The Morgan fingerprint density at radius 3 is 2.62 bits per heavy atom. The number of aromatic nitrogens is 1. The van der Waals surface area contributed by atoms with Crippen LogP contribution in [0.25, 0.3) is 0 Å². The molecule has 0 spiro atoms. The van der Waals surface area contributed by atoms with Crippen molar-refractivity contribution in [1.82, 2.24) is 10.3 Å². The normalized spacial score (nSPS) is 9.56. The number of carboxylic acids is 1. The molecule has 0 saturated heterocycles. The highest BCUT2D eigenvalue weighted by Crippen LogP contribution is 2.04. The van der Waals surface area contributed by atoms with E-state index in [4.69, 9.17) is 5.11 Å². The van der Waals surface area contributed by atoms with Crippen molar-refractivity contribution in [3.8, 4) is 0 Å². The van der Waals surface area contributed by atoms with E-state index < -0.39 is 5.97 Å². The molecule has 0 aliphatic heterocycles. The summed E-state index contributed by atoms with van der Waals surface area (Å²) in [5.41, 5.74) is 0.146. The molecule has 0 aromatic carbocycles. The van der Waals surface area contributed by atoms with Crippen LogP contribution < -0.4 is 10.6 Å². The van der Waals surface area contributed by atoms with Crippen LogP contribution >= 0.6 is 0 Å². The standard InChI is InChI=1S/C10H13N3O3/c1-7(14)11-4-5-12-9-3-2-8(6-13-9)10(15)16/h2-3,6H,4-5H2,1H3,(H,11,14)(H,12,13)(H,15,16). The third kappa shape index (κ3) is 3.95. The molecule has 1 amide bonds. The number of carboxylic acid groups (broad SMARTS) is 1. The van der Waals surface area contributed by atoms with E-state index in [1.165, 1.54) is 19.2 Å². The SMILES string of the molecule is CC(=O)NCCNc1ccc(C(=O)O)cn1. The third-order valence-corrected chi connectivity index (χ3v) is 1.82. The van der Waals surface area contributed by atoms with E-state index in [1.807, 2.05) is 0 Å². The Morgan fingerprint density at radius 1 is 1.38 bits per heavy atom. The smallest absolute Gasteiger partial charge is 0.337 e. The van der Waals surface area contributed by atoms with Crippen molar-refractivity contribution in [3.05, 3.63) is 23.9 Å². The number of amides is 1. The molecule has 86 valence electrons. The predicted molar refractivity (Wildman–Crippen MR) is 58.4 cm³/mol. The summed E-state index contributed by atoms with van der Waals surface area (Å²) in [6.45, 7) is 2.48. The summed E-state index contributed by atoms with van der Waals surface area (Å²) in [6, 6.07) is 3.05. The second-order valence-corrected chi connectivity index (χ2v) is 3.15. The summed E-state index contributed by atoms with van der Waals surface area (Å²) in [4.78, 5) is 25.0. The van der Waals surface area contributed by atoms with Crippen molar-refractivity contribution in [3.63, 3.8) is 0 Å². The molecule has 16 heavy (non-hydrogen) atoms. The van der Waals surface area contributed by atoms with Crippen molar-refractivity contribution < 1.29 is 14.7 Å². The lowest BCUT2D eigenvalue weighted by Gasteiger charge is -2.05. The van der Waals surface area contributed by atoms with Crippen LogP contribution in [-0.4, -0.2) is 35.1 Å². The molecule has 0 fully saturated rings. The Balaban J connectivity index is 2.38. The van der Waals surface area contributed by atoms with Crippen LogP contribution in [-0.2, 0) is 4.79 Å². The van der Waals surface area contributed by atoms with Gasteiger partial charge in [0.25, 0.3) is 0 Å². The Morgan fingerprint density at radius 2 is 2.12 bits per heavy atom. The molecule has 0 aliphatic carbocycles. The van der Waals surface area contributed by atoms with Crippen molar-refractivity contribution in [1.29, 1.82) is 0 Å². The highest BCUT2D eigenvalue weighted by molar-refractivity contribution is 5.87. The van der Waals surface area contributed by atoms with Gasteiger partial charge in [-0.25, -0.2) is 9.78 Å². The number of nitrogens with zero attached hydrogens (tertiary/aromatic N) is 1. The first-order valence-electron chi connectivity index (χ1n) is 4.77. The topological polar surface area (TPSA) is 91.3 Å². The Hall–Kier alpha value is -2.11. The second-order valence-electron chi connectivity index (χ2n) is 3.15. The number of carbonyl (C=O) groups excluding carboxylic acids is 1. The summed E-state index contributed by atoms with van der Waals surface area (Å²) in [5.74, 6) is -0.511. The fourth-order valence-electron chi connectivity index (χ4n) is 1.05. The van der Waals surface area contributed by atoms with E-state index in [1.54, 1.807) is 6.07 Å². The number of hydrogen-bond donors (Lipinski definition) is 3. The predicted octanol–water partition coefficient (Wildman–Crippen LogP) is 0.328. The molecular formula is C10H13N3O3. The molecule has 6 heteroatoms. The number of rotatable bonds is 5. The van der Waals surface area contributed by atoms with Crippen molar-refractivity contribution in [2.24, 2.45) is 0 Å². The van der Waals surface area contributed by atoms with Gasteiger partial charge in [-0.05, 0) is 12.1 Å². The molecule has 0 radical (unpaired) electrons. The van der Waals surface area contributed by atoms with Crippen LogP contribution in [0.1, 0.15) is 17.3 Å². The minimum absolute atomic E-state index is 0.0871. The first kappa shape index (κ1) is 12.0. The maximum absolute atomic E-state index is 10.6. The number of hydrogen-bond acceptors (Lipinski definition) is 4. The fourth-order valence-corrected chi connectivity index (χ4v) is 1.05. The number of nitrogens with one attached hydrogen (secondary N) is 2. The van der Waals surface area contributed by atoms with Crippen LogP contribution in [0.4, 0.5) is 5.82 Å². The van der Waals surface area contributed by atoms with Crippen LogP contribution in [0.2, 0.25) is 0 Å². The Labute approximate surface area is 92.7 Å². The Kier molecular flexibility index (Phi) is 4.26. The molecule has 3 N–H and O–H groups in total. The molecule has 0 atom stereocenters.